The van der Waals surface area contributed by atoms with E-state index in [1.54, 1.807) is 7.05 Å². The number of nitrogens with zero attached hydrogens (tertiary/aromatic N) is 4. The van der Waals surface area contributed by atoms with Crippen LogP contribution in [0.15, 0.2) is 48.7 Å². The lowest BCUT2D eigenvalue weighted by atomic mass is 10.0. The fourth-order valence-electron chi connectivity index (χ4n) is 4.98. The third-order valence-electron chi connectivity index (χ3n) is 6.79. The average molecular weight is 469 g/mol. The predicted molar refractivity (Wildman–Crippen MR) is 142 cm³/mol. The molecule has 7 heteroatoms. The highest BCUT2D eigenvalue weighted by molar-refractivity contribution is 5.93. The van der Waals surface area contributed by atoms with Crippen LogP contribution in [-0.2, 0) is 4.79 Å². The average Bonchev–Trinajstić information content (AvgIpc) is 3.19. The lowest BCUT2D eigenvalue weighted by Gasteiger charge is -2.35. The van der Waals surface area contributed by atoms with Gasteiger partial charge in [0, 0.05) is 71.5 Å². The fourth-order valence-corrected chi connectivity index (χ4v) is 4.98. The van der Waals surface area contributed by atoms with Crippen LogP contribution in [0.3, 0.4) is 0 Å². The maximum absolute atomic E-state index is 12.1. The number of aromatic nitrogens is 3. The minimum Gasteiger partial charge on any atom is -0.354 e. The molecule has 35 heavy (non-hydrogen) atoms. The van der Waals surface area contributed by atoms with Gasteiger partial charge >= 0.3 is 0 Å². The zero-order valence-electron chi connectivity index (χ0n) is 20.9. The second-order valence-corrected chi connectivity index (χ2v) is 9.33. The zero-order chi connectivity index (χ0) is 24.5. The first-order valence-corrected chi connectivity index (χ1v) is 12.1. The van der Waals surface area contributed by atoms with Crippen molar-refractivity contribution in [3.05, 3.63) is 65.6 Å². The molecule has 5 rings (SSSR count). The number of likely N-dealkylation sites (N-methyl/N-ethyl adjacent to an activating group) is 1. The van der Waals surface area contributed by atoms with Crippen LogP contribution in [0.2, 0.25) is 0 Å². The molecule has 1 aliphatic heterocycles. The van der Waals surface area contributed by atoms with Gasteiger partial charge < -0.3 is 20.1 Å². The topological polar surface area (TPSA) is 77.2 Å². The number of nitrogens with one attached hydrogen (secondary N) is 2. The van der Waals surface area contributed by atoms with Crippen molar-refractivity contribution in [1.29, 1.82) is 0 Å². The van der Waals surface area contributed by atoms with Crippen molar-refractivity contribution in [3.8, 4) is 22.4 Å². The first-order chi connectivity index (χ1) is 16.9. The molecule has 1 fully saturated rings. The van der Waals surface area contributed by atoms with Gasteiger partial charge in [-0.1, -0.05) is 12.1 Å². The summed E-state index contributed by atoms with van der Waals surface area (Å²) in [6.45, 7) is 9.68. The number of amides is 1. The van der Waals surface area contributed by atoms with Gasteiger partial charge in [-0.15, -0.1) is 0 Å². The normalized spacial score (nSPS) is 14.1. The molecular formula is C28H32N6O. The Kier molecular flexibility index (Phi) is 6.26. The summed E-state index contributed by atoms with van der Waals surface area (Å²) in [6, 6.07) is 15.0. The highest BCUT2D eigenvalue weighted by Gasteiger charge is 2.21. The summed E-state index contributed by atoms with van der Waals surface area (Å²) in [5.41, 5.74) is 8.95. The van der Waals surface area contributed by atoms with Crippen LogP contribution in [0.25, 0.3) is 33.3 Å². The minimum atomic E-state index is 0.155. The second-order valence-electron chi connectivity index (χ2n) is 9.33. The Balaban J connectivity index is 1.35. The Morgan fingerprint density at radius 2 is 1.66 bits per heavy atom. The number of hydrogen-bond donors (Lipinski definition) is 2. The van der Waals surface area contributed by atoms with E-state index < -0.39 is 0 Å². The molecule has 180 valence electrons. The molecule has 0 spiro atoms. The van der Waals surface area contributed by atoms with Gasteiger partial charge in [-0.2, -0.15) is 0 Å². The molecule has 1 saturated heterocycles. The van der Waals surface area contributed by atoms with Crippen molar-refractivity contribution >= 4 is 22.6 Å². The first-order valence-electron chi connectivity index (χ1n) is 12.1. The molecule has 3 aromatic heterocycles. The lowest BCUT2D eigenvalue weighted by molar-refractivity contribution is -0.130. The Labute approximate surface area is 206 Å². The summed E-state index contributed by atoms with van der Waals surface area (Å²) in [5, 5.41) is 4.16. The molecule has 0 radical (unpaired) electrons. The van der Waals surface area contributed by atoms with Gasteiger partial charge in [-0.3, -0.25) is 9.78 Å². The van der Waals surface area contributed by atoms with Crippen molar-refractivity contribution < 1.29 is 4.79 Å². The van der Waals surface area contributed by atoms with Gasteiger partial charge in [0.15, 0.2) is 0 Å². The van der Waals surface area contributed by atoms with Gasteiger partial charge in [-0.25, -0.2) is 4.98 Å². The van der Waals surface area contributed by atoms with Crippen LogP contribution in [0.4, 0.5) is 5.82 Å². The van der Waals surface area contributed by atoms with E-state index in [4.69, 9.17) is 4.98 Å². The molecule has 0 aliphatic carbocycles. The highest BCUT2D eigenvalue weighted by atomic mass is 16.2. The van der Waals surface area contributed by atoms with E-state index in [2.05, 4.69) is 69.6 Å². The van der Waals surface area contributed by atoms with Crippen molar-refractivity contribution in [1.82, 2.24) is 25.2 Å². The second kappa shape index (κ2) is 9.50. The highest BCUT2D eigenvalue weighted by Crippen LogP contribution is 2.33. The quantitative estimate of drug-likeness (QED) is 0.461. The Hall–Kier alpha value is -3.71. The lowest BCUT2D eigenvalue weighted by Crippen LogP contribution is -2.50. The number of anilines is 1. The molecule has 1 amide bonds. The van der Waals surface area contributed by atoms with Crippen LogP contribution in [0.5, 0.6) is 0 Å². The van der Waals surface area contributed by atoms with Crippen LogP contribution in [0, 0.1) is 20.8 Å². The molecule has 1 aliphatic rings. The van der Waals surface area contributed by atoms with E-state index in [9.17, 15) is 4.79 Å². The van der Waals surface area contributed by atoms with Gasteiger partial charge in [0.1, 0.15) is 5.82 Å². The molecule has 0 saturated carbocycles. The molecule has 7 nitrogen and oxygen atoms in total. The summed E-state index contributed by atoms with van der Waals surface area (Å²) in [7, 11) is 1.80. The predicted octanol–water partition coefficient (Wildman–Crippen LogP) is 4.09. The number of hydrogen-bond acceptors (Lipinski definition) is 5. The van der Waals surface area contributed by atoms with Crippen molar-refractivity contribution in [2.75, 3.05) is 44.7 Å². The van der Waals surface area contributed by atoms with Crippen molar-refractivity contribution in [2.24, 2.45) is 0 Å². The number of rotatable bonds is 5. The molecule has 2 N–H and O–H groups in total. The van der Waals surface area contributed by atoms with E-state index >= 15 is 0 Å². The van der Waals surface area contributed by atoms with Gasteiger partial charge in [0.2, 0.25) is 5.91 Å². The minimum absolute atomic E-state index is 0.155. The van der Waals surface area contributed by atoms with E-state index in [1.165, 1.54) is 16.5 Å². The fraction of sp³-hybridized carbons (Fsp3) is 0.321. The Morgan fingerprint density at radius 3 is 2.31 bits per heavy atom. The Bertz CT molecular complexity index is 1350. The SMILES string of the molecule is CNCC(=O)N1CCN(c2ccc(-c3ccc4c(C)c(-c5cc(C)nc(C)c5)[nH]c4c3)cn2)CC1. The monoisotopic (exact) mass is 468 g/mol. The number of piperazine rings is 1. The number of fused-ring (bicyclic) bond motifs is 1. The van der Waals surface area contributed by atoms with Crippen LogP contribution >= 0.6 is 0 Å². The van der Waals surface area contributed by atoms with Gasteiger partial charge in [0.05, 0.1) is 6.54 Å². The third kappa shape index (κ3) is 4.64. The number of H-pyrrole nitrogens is 1. The Morgan fingerprint density at radius 1 is 0.943 bits per heavy atom. The number of carbonyl (C=O) groups is 1. The maximum Gasteiger partial charge on any atom is 0.236 e. The smallest absolute Gasteiger partial charge is 0.236 e. The third-order valence-corrected chi connectivity index (χ3v) is 6.79. The number of aryl methyl sites for hydroxylation is 3. The number of carbonyl (C=O) groups excluding carboxylic acids is 1. The summed E-state index contributed by atoms with van der Waals surface area (Å²) in [5.74, 6) is 1.11. The number of aromatic amines is 1. The summed E-state index contributed by atoms with van der Waals surface area (Å²) in [4.78, 5) is 29.2. The molecule has 0 bridgehead atoms. The van der Waals surface area contributed by atoms with E-state index in [-0.39, 0.29) is 5.91 Å². The molecular weight excluding hydrogens is 436 g/mol. The molecule has 0 unspecified atom stereocenters. The number of benzene rings is 1. The van der Waals surface area contributed by atoms with E-state index in [1.807, 2.05) is 24.9 Å². The van der Waals surface area contributed by atoms with E-state index in [0.29, 0.717) is 6.54 Å². The van der Waals surface area contributed by atoms with Gasteiger partial charge in [0.25, 0.3) is 0 Å². The van der Waals surface area contributed by atoms with Crippen molar-refractivity contribution in [2.45, 2.75) is 20.8 Å². The summed E-state index contributed by atoms with van der Waals surface area (Å²) in [6.07, 6.45) is 1.95. The molecule has 4 aromatic rings. The standard InChI is InChI=1S/C28H32N6O/c1-18-13-23(14-19(2)31-18)28-20(3)24-7-5-21(15-25(24)32-28)22-6-8-26(30-16-22)33-9-11-34(12-10-33)27(35)17-29-4/h5-8,13-16,29,32H,9-12,17H2,1-4H3. The summed E-state index contributed by atoms with van der Waals surface area (Å²) < 4.78 is 0. The molecule has 0 atom stereocenters. The molecule has 1 aromatic carbocycles. The maximum atomic E-state index is 12.1. The summed E-state index contributed by atoms with van der Waals surface area (Å²) >= 11 is 0. The molecule has 4 heterocycles. The zero-order valence-corrected chi connectivity index (χ0v) is 20.9. The van der Waals surface area contributed by atoms with Crippen LogP contribution in [0.1, 0.15) is 17.0 Å². The van der Waals surface area contributed by atoms with Crippen LogP contribution < -0.4 is 10.2 Å². The van der Waals surface area contributed by atoms with Gasteiger partial charge in [-0.05, 0) is 69.3 Å². The largest absolute Gasteiger partial charge is 0.354 e. The first kappa shape index (κ1) is 23.1. The van der Waals surface area contributed by atoms with Crippen molar-refractivity contribution in [3.63, 3.8) is 0 Å². The van der Waals surface area contributed by atoms with E-state index in [0.717, 1.165) is 65.7 Å². The number of pyridine rings is 2. The van der Waals surface area contributed by atoms with Crippen LogP contribution in [-0.4, -0.2) is 65.5 Å².